The van der Waals surface area contributed by atoms with Gasteiger partial charge in [0.15, 0.2) is 0 Å². The summed E-state index contributed by atoms with van der Waals surface area (Å²) in [6.07, 6.45) is 5.37. The van der Waals surface area contributed by atoms with Gasteiger partial charge in [-0.15, -0.1) is 0 Å². The number of esters is 2. The summed E-state index contributed by atoms with van der Waals surface area (Å²) in [6, 6.07) is 0. The number of ether oxygens (including phenoxy) is 2. The molecule has 0 unspecified atom stereocenters. The summed E-state index contributed by atoms with van der Waals surface area (Å²) < 4.78 is 9.74. The van der Waals surface area contributed by atoms with Crippen molar-refractivity contribution in [2.24, 2.45) is 5.92 Å². The predicted molar refractivity (Wildman–Crippen MR) is 70.1 cm³/mol. The Morgan fingerprint density at radius 3 is 2.00 bits per heavy atom. The van der Waals surface area contributed by atoms with Crippen LogP contribution in [0, 0.1) is 5.92 Å². The largest absolute Gasteiger partial charge is 0.469 e. The molecule has 0 saturated carbocycles. The molecule has 0 saturated heterocycles. The number of unbranched alkanes of at least 4 members (excludes halogenated alkanes) is 2. The monoisotopic (exact) mass is 258 g/mol. The molecule has 0 fully saturated rings. The second kappa shape index (κ2) is 11.1. The Morgan fingerprint density at radius 2 is 1.50 bits per heavy atom. The zero-order chi connectivity index (χ0) is 13.8. The summed E-state index contributed by atoms with van der Waals surface area (Å²) in [5.74, 6) is 0.166. The van der Waals surface area contributed by atoms with Crippen molar-refractivity contribution in [3.63, 3.8) is 0 Å². The molecule has 0 aromatic heterocycles. The van der Waals surface area contributed by atoms with Gasteiger partial charge in [-0.2, -0.15) is 0 Å². The van der Waals surface area contributed by atoms with Crippen LogP contribution in [-0.4, -0.2) is 25.7 Å². The highest BCUT2D eigenvalue weighted by Crippen LogP contribution is 2.09. The highest BCUT2D eigenvalue weighted by atomic mass is 16.5. The minimum atomic E-state index is -0.189. The van der Waals surface area contributed by atoms with Gasteiger partial charge in [0.05, 0.1) is 13.7 Å². The molecule has 18 heavy (non-hydrogen) atoms. The SMILES string of the molecule is CCC(CC)COC(=O)CCCCCC(=O)OC. The van der Waals surface area contributed by atoms with Crippen LogP contribution < -0.4 is 0 Å². The van der Waals surface area contributed by atoms with Crippen molar-refractivity contribution in [1.82, 2.24) is 0 Å². The van der Waals surface area contributed by atoms with Gasteiger partial charge in [0, 0.05) is 12.8 Å². The molecule has 0 radical (unpaired) electrons. The minimum absolute atomic E-state index is 0.125. The summed E-state index contributed by atoms with van der Waals surface area (Å²) in [6.45, 7) is 4.75. The summed E-state index contributed by atoms with van der Waals surface area (Å²) in [7, 11) is 1.39. The van der Waals surface area contributed by atoms with Crippen LogP contribution in [0.4, 0.5) is 0 Å². The molecule has 0 aliphatic carbocycles. The molecule has 0 amide bonds. The van der Waals surface area contributed by atoms with Crippen LogP contribution in [0.3, 0.4) is 0 Å². The first kappa shape index (κ1) is 16.9. The van der Waals surface area contributed by atoms with E-state index in [0.717, 1.165) is 32.1 Å². The number of hydrogen-bond donors (Lipinski definition) is 0. The molecule has 106 valence electrons. The van der Waals surface area contributed by atoms with E-state index < -0.39 is 0 Å². The highest BCUT2D eigenvalue weighted by Gasteiger charge is 2.08. The van der Waals surface area contributed by atoms with Gasteiger partial charge in [-0.3, -0.25) is 9.59 Å². The van der Waals surface area contributed by atoms with Crippen LogP contribution in [0.5, 0.6) is 0 Å². The topological polar surface area (TPSA) is 52.6 Å². The van der Waals surface area contributed by atoms with Gasteiger partial charge >= 0.3 is 11.9 Å². The van der Waals surface area contributed by atoms with E-state index in [2.05, 4.69) is 18.6 Å². The van der Waals surface area contributed by atoms with E-state index in [-0.39, 0.29) is 11.9 Å². The van der Waals surface area contributed by atoms with Gasteiger partial charge < -0.3 is 9.47 Å². The number of methoxy groups -OCH3 is 1. The first-order chi connectivity index (χ1) is 8.63. The van der Waals surface area contributed by atoms with Crippen LogP contribution >= 0.6 is 0 Å². The molecule has 0 bridgehead atoms. The predicted octanol–water partition coefficient (Wildman–Crippen LogP) is 3.09. The Hall–Kier alpha value is -1.06. The van der Waals surface area contributed by atoms with Crippen molar-refractivity contribution in [2.45, 2.75) is 58.8 Å². The Balaban J connectivity index is 3.45. The molecular formula is C14H26O4. The van der Waals surface area contributed by atoms with Crippen molar-refractivity contribution >= 4 is 11.9 Å². The van der Waals surface area contributed by atoms with Crippen LogP contribution in [-0.2, 0) is 19.1 Å². The molecule has 0 aliphatic rings. The van der Waals surface area contributed by atoms with Gasteiger partial charge in [0.2, 0.25) is 0 Å². The molecule has 0 N–H and O–H groups in total. The number of hydrogen-bond acceptors (Lipinski definition) is 4. The van der Waals surface area contributed by atoms with E-state index >= 15 is 0 Å². The van der Waals surface area contributed by atoms with Crippen LogP contribution in [0.15, 0.2) is 0 Å². The lowest BCUT2D eigenvalue weighted by molar-refractivity contribution is -0.145. The van der Waals surface area contributed by atoms with Crippen molar-refractivity contribution in [3.8, 4) is 0 Å². The van der Waals surface area contributed by atoms with Gasteiger partial charge in [0.25, 0.3) is 0 Å². The average molecular weight is 258 g/mol. The average Bonchev–Trinajstić information content (AvgIpc) is 2.39. The normalized spacial score (nSPS) is 10.4. The Labute approximate surface area is 110 Å². The third kappa shape index (κ3) is 9.02. The van der Waals surface area contributed by atoms with Gasteiger partial charge in [0.1, 0.15) is 0 Å². The Bertz CT molecular complexity index is 234. The van der Waals surface area contributed by atoms with Crippen molar-refractivity contribution < 1.29 is 19.1 Å². The van der Waals surface area contributed by atoms with Crippen LogP contribution in [0.1, 0.15) is 58.8 Å². The van der Waals surface area contributed by atoms with Crippen molar-refractivity contribution in [2.75, 3.05) is 13.7 Å². The standard InChI is InChI=1S/C14H26O4/c1-4-12(5-2)11-18-14(16)10-8-6-7-9-13(15)17-3/h12H,4-11H2,1-3H3. The second-order valence-electron chi connectivity index (χ2n) is 4.50. The molecule has 0 aromatic rings. The molecule has 0 spiro atoms. The first-order valence-electron chi connectivity index (χ1n) is 6.86. The number of carbonyl (C=O) groups excluding carboxylic acids is 2. The zero-order valence-corrected chi connectivity index (χ0v) is 11.9. The molecule has 4 nitrogen and oxygen atoms in total. The summed E-state index contributed by atoms with van der Waals surface area (Å²) >= 11 is 0. The lowest BCUT2D eigenvalue weighted by Gasteiger charge is -2.12. The van der Waals surface area contributed by atoms with E-state index in [1.165, 1.54) is 7.11 Å². The van der Waals surface area contributed by atoms with E-state index in [9.17, 15) is 9.59 Å². The fraction of sp³-hybridized carbons (Fsp3) is 0.857. The molecule has 0 aromatic carbocycles. The summed E-state index contributed by atoms with van der Waals surface area (Å²) in [5.41, 5.74) is 0. The minimum Gasteiger partial charge on any atom is -0.469 e. The third-order valence-electron chi connectivity index (χ3n) is 3.12. The Morgan fingerprint density at radius 1 is 0.944 bits per heavy atom. The lowest BCUT2D eigenvalue weighted by Crippen LogP contribution is -2.12. The molecule has 0 atom stereocenters. The van der Waals surface area contributed by atoms with Gasteiger partial charge in [-0.25, -0.2) is 0 Å². The quantitative estimate of drug-likeness (QED) is 0.446. The molecule has 4 heteroatoms. The van der Waals surface area contributed by atoms with E-state index in [1.807, 2.05) is 0 Å². The second-order valence-corrected chi connectivity index (χ2v) is 4.50. The lowest BCUT2D eigenvalue weighted by atomic mass is 10.1. The van der Waals surface area contributed by atoms with Crippen LogP contribution in [0.2, 0.25) is 0 Å². The molecule has 0 rings (SSSR count). The number of carbonyl (C=O) groups is 2. The first-order valence-corrected chi connectivity index (χ1v) is 6.86. The van der Waals surface area contributed by atoms with Gasteiger partial charge in [-0.05, 0) is 18.8 Å². The third-order valence-corrected chi connectivity index (χ3v) is 3.12. The fourth-order valence-corrected chi connectivity index (χ4v) is 1.62. The van der Waals surface area contributed by atoms with Crippen molar-refractivity contribution in [1.29, 1.82) is 0 Å². The van der Waals surface area contributed by atoms with Gasteiger partial charge in [-0.1, -0.05) is 33.1 Å². The summed E-state index contributed by atoms with van der Waals surface area (Å²) in [5, 5.41) is 0. The maximum atomic E-state index is 11.4. The maximum Gasteiger partial charge on any atom is 0.305 e. The summed E-state index contributed by atoms with van der Waals surface area (Å²) in [4.78, 5) is 22.3. The van der Waals surface area contributed by atoms with E-state index in [1.54, 1.807) is 0 Å². The molecular weight excluding hydrogens is 232 g/mol. The van der Waals surface area contributed by atoms with E-state index in [0.29, 0.717) is 25.4 Å². The highest BCUT2D eigenvalue weighted by molar-refractivity contribution is 5.69. The fourth-order valence-electron chi connectivity index (χ4n) is 1.62. The van der Waals surface area contributed by atoms with Crippen LogP contribution in [0.25, 0.3) is 0 Å². The van der Waals surface area contributed by atoms with E-state index in [4.69, 9.17) is 4.74 Å². The molecule has 0 aliphatic heterocycles. The Kier molecular flexibility index (Phi) is 10.4. The molecule has 0 heterocycles. The number of rotatable bonds is 10. The maximum absolute atomic E-state index is 11.4. The van der Waals surface area contributed by atoms with Crippen molar-refractivity contribution in [3.05, 3.63) is 0 Å². The zero-order valence-electron chi connectivity index (χ0n) is 11.9. The smallest absolute Gasteiger partial charge is 0.305 e.